The third kappa shape index (κ3) is 5.81. The molecule has 0 spiro atoms. The molecule has 0 N–H and O–H groups in total. The molecule has 2 heteroatoms. The van der Waals surface area contributed by atoms with Gasteiger partial charge >= 0.3 is 0 Å². The van der Waals surface area contributed by atoms with Crippen molar-refractivity contribution in [3.8, 4) is 44.5 Å². The van der Waals surface area contributed by atoms with Gasteiger partial charge in [-0.25, -0.2) is 0 Å². The fourth-order valence-corrected chi connectivity index (χ4v) is 11.7. The molecule has 0 aliphatic heterocycles. The number of fused-ring (bicyclic) bond motifs is 10. The zero-order valence-corrected chi connectivity index (χ0v) is 35.1. The molecule has 1 heterocycles. The highest BCUT2D eigenvalue weighted by Gasteiger charge is 2.36. The van der Waals surface area contributed by atoms with Crippen LogP contribution in [0.4, 0.5) is 17.1 Å². The topological polar surface area (TPSA) is 3.24 Å². The van der Waals surface area contributed by atoms with Gasteiger partial charge in [-0.3, -0.25) is 0 Å². The van der Waals surface area contributed by atoms with Crippen LogP contribution in [0.3, 0.4) is 0 Å². The Hall–Kier alpha value is -7.00. The molecule has 1 nitrogen and oxygen atoms in total. The molecular formula is C59H43NS. The second kappa shape index (κ2) is 14.0. The van der Waals surface area contributed by atoms with Gasteiger partial charge in [0.1, 0.15) is 0 Å². The first-order chi connectivity index (χ1) is 30.0. The summed E-state index contributed by atoms with van der Waals surface area (Å²) in [5.74, 6) is 0.283. The van der Waals surface area contributed by atoms with E-state index >= 15 is 0 Å². The summed E-state index contributed by atoms with van der Waals surface area (Å²) in [6.45, 7) is 4.72. The molecule has 2 aliphatic carbocycles. The highest BCUT2D eigenvalue weighted by Crippen LogP contribution is 2.54. The van der Waals surface area contributed by atoms with Crippen LogP contribution in [0.25, 0.3) is 64.7 Å². The van der Waals surface area contributed by atoms with E-state index in [2.05, 4.69) is 225 Å². The zero-order valence-electron chi connectivity index (χ0n) is 34.3. The van der Waals surface area contributed by atoms with E-state index in [-0.39, 0.29) is 11.3 Å². The highest BCUT2D eigenvalue weighted by molar-refractivity contribution is 7.26. The molecule has 0 bridgehead atoms. The van der Waals surface area contributed by atoms with E-state index in [1.165, 1.54) is 92.5 Å². The zero-order chi connectivity index (χ0) is 40.7. The van der Waals surface area contributed by atoms with E-state index in [9.17, 15) is 0 Å². The first-order valence-corrected chi connectivity index (χ1v) is 22.2. The Bertz CT molecular complexity index is 3280. The van der Waals surface area contributed by atoms with E-state index in [4.69, 9.17) is 0 Å². The number of hydrogen-bond acceptors (Lipinski definition) is 2. The predicted molar refractivity (Wildman–Crippen MR) is 260 cm³/mol. The predicted octanol–water partition coefficient (Wildman–Crippen LogP) is 16.5. The van der Waals surface area contributed by atoms with Crippen molar-refractivity contribution in [1.82, 2.24) is 0 Å². The minimum Gasteiger partial charge on any atom is -0.310 e. The maximum absolute atomic E-state index is 2.48. The standard InChI is InChI=1S/C59H43NS/c1-59(2)54-19-11-9-17-46(54)47-32-30-45(37-55(47)59)60(43-26-21-40(22-27-43)39-15-7-4-8-16-39)44-28-23-41(24-29-44)42-25-31-49-53(36-42)52(35-38-13-5-3-6-14-38)50-33-34-51-48-18-10-12-20-56(48)61-58(51)57(49)50/h3-34,36-37,52H,35H2,1-2H3. The van der Waals surface area contributed by atoms with E-state index in [1.54, 1.807) is 0 Å². The Labute approximate surface area is 361 Å². The van der Waals surface area contributed by atoms with Crippen LogP contribution in [0.15, 0.2) is 206 Å². The average Bonchev–Trinajstić information content (AvgIpc) is 3.92. The average molecular weight is 798 g/mol. The number of nitrogens with zero attached hydrogens (tertiary/aromatic N) is 1. The van der Waals surface area contributed by atoms with Gasteiger partial charge in [0.25, 0.3) is 0 Å². The summed E-state index contributed by atoms with van der Waals surface area (Å²) in [4.78, 5) is 2.42. The van der Waals surface area contributed by atoms with Crippen LogP contribution in [0, 0.1) is 0 Å². The molecule has 0 radical (unpaired) electrons. The lowest BCUT2D eigenvalue weighted by Crippen LogP contribution is -2.16. The summed E-state index contributed by atoms with van der Waals surface area (Å²) in [5, 5.41) is 2.71. The fraction of sp³-hybridized carbons (Fsp3) is 0.0847. The number of hydrogen-bond donors (Lipinski definition) is 0. The molecule has 61 heavy (non-hydrogen) atoms. The minimum absolute atomic E-state index is 0.0943. The fourth-order valence-electron chi connectivity index (χ4n) is 10.4. The summed E-state index contributed by atoms with van der Waals surface area (Å²) >= 11 is 1.94. The first-order valence-electron chi connectivity index (χ1n) is 21.4. The van der Waals surface area contributed by atoms with Crippen LogP contribution in [0.2, 0.25) is 0 Å². The maximum Gasteiger partial charge on any atom is 0.0465 e. The van der Waals surface area contributed by atoms with Gasteiger partial charge in [0.05, 0.1) is 0 Å². The van der Waals surface area contributed by atoms with E-state index in [0.717, 1.165) is 23.5 Å². The van der Waals surface area contributed by atoms with Gasteiger partial charge in [-0.15, -0.1) is 11.3 Å². The summed E-state index contributed by atoms with van der Waals surface area (Å²) in [7, 11) is 0. The highest BCUT2D eigenvalue weighted by atomic mass is 32.1. The normalized spacial score (nSPS) is 14.4. The summed E-state index contributed by atoms with van der Waals surface area (Å²) in [6, 6.07) is 76.7. The molecule has 12 rings (SSSR count). The number of thiophene rings is 1. The van der Waals surface area contributed by atoms with Crippen molar-refractivity contribution >= 4 is 48.6 Å². The van der Waals surface area contributed by atoms with Gasteiger partial charge in [0.2, 0.25) is 0 Å². The van der Waals surface area contributed by atoms with Gasteiger partial charge in [-0.2, -0.15) is 0 Å². The molecule has 2 aliphatic rings. The van der Waals surface area contributed by atoms with Gasteiger partial charge in [0.15, 0.2) is 0 Å². The van der Waals surface area contributed by atoms with E-state index in [0.29, 0.717) is 0 Å². The van der Waals surface area contributed by atoms with Crippen molar-refractivity contribution in [2.45, 2.75) is 31.6 Å². The lowest BCUT2D eigenvalue weighted by Gasteiger charge is -2.28. The molecule has 9 aromatic carbocycles. The van der Waals surface area contributed by atoms with Crippen molar-refractivity contribution in [2.24, 2.45) is 0 Å². The monoisotopic (exact) mass is 797 g/mol. The molecular weight excluding hydrogens is 755 g/mol. The maximum atomic E-state index is 2.48. The lowest BCUT2D eigenvalue weighted by atomic mass is 9.82. The molecule has 0 fully saturated rings. The SMILES string of the molecule is CC1(C)c2ccccc2-c2ccc(N(c3ccc(-c4ccccc4)cc3)c3ccc(-c4ccc5c(c4)C(Cc4ccccc4)c4ccc6c(sc7ccccc76)c4-5)cc3)cc21. The largest absolute Gasteiger partial charge is 0.310 e. The van der Waals surface area contributed by atoms with Crippen LogP contribution < -0.4 is 4.90 Å². The third-order valence-corrected chi connectivity index (χ3v) is 14.7. The Kier molecular flexibility index (Phi) is 8.27. The van der Waals surface area contributed by atoms with Crippen molar-refractivity contribution in [2.75, 3.05) is 4.90 Å². The number of rotatable bonds is 7. The molecule has 10 aromatic rings. The van der Waals surface area contributed by atoms with Crippen LogP contribution in [0.1, 0.15) is 47.6 Å². The number of benzene rings is 9. The molecule has 1 aromatic heterocycles. The van der Waals surface area contributed by atoms with Crippen LogP contribution in [-0.2, 0) is 11.8 Å². The summed E-state index contributed by atoms with van der Waals surface area (Å²) in [6.07, 6.45) is 0.973. The van der Waals surface area contributed by atoms with Crippen LogP contribution in [0.5, 0.6) is 0 Å². The summed E-state index contributed by atoms with van der Waals surface area (Å²) in [5.41, 5.74) is 20.7. The van der Waals surface area contributed by atoms with Crippen molar-refractivity contribution < 1.29 is 0 Å². The quantitative estimate of drug-likeness (QED) is 0.155. The Morgan fingerprint density at radius 3 is 1.80 bits per heavy atom. The molecule has 1 atom stereocenters. The molecule has 1 unspecified atom stereocenters. The van der Waals surface area contributed by atoms with E-state index in [1.807, 2.05) is 11.3 Å². The molecule has 0 saturated heterocycles. The van der Waals surface area contributed by atoms with Gasteiger partial charge in [-0.05, 0) is 122 Å². The van der Waals surface area contributed by atoms with Gasteiger partial charge in [0, 0.05) is 54.1 Å². The molecule has 290 valence electrons. The second-order valence-electron chi connectivity index (χ2n) is 17.2. The minimum atomic E-state index is -0.0943. The third-order valence-electron chi connectivity index (χ3n) is 13.5. The van der Waals surface area contributed by atoms with Gasteiger partial charge < -0.3 is 4.90 Å². The first kappa shape index (κ1) is 35.9. The van der Waals surface area contributed by atoms with Gasteiger partial charge in [-0.1, -0.05) is 172 Å². The van der Waals surface area contributed by atoms with Crippen molar-refractivity contribution in [3.05, 3.63) is 234 Å². The van der Waals surface area contributed by atoms with Crippen molar-refractivity contribution in [3.63, 3.8) is 0 Å². The second-order valence-corrected chi connectivity index (χ2v) is 18.3. The number of anilines is 3. The Balaban J connectivity index is 0.951. The Morgan fingerprint density at radius 1 is 0.443 bits per heavy atom. The summed E-state index contributed by atoms with van der Waals surface area (Å²) < 4.78 is 2.76. The van der Waals surface area contributed by atoms with Crippen LogP contribution in [-0.4, -0.2) is 0 Å². The molecule has 0 saturated carbocycles. The Morgan fingerprint density at radius 2 is 1.03 bits per heavy atom. The molecule has 0 amide bonds. The van der Waals surface area contributed by atoms with Crippen molar-refractivity contribution in [1.29, 1.82) is 0 Å². The van der Waals surface area contributed by atoms with Crippen LogP contribution >= 0.6 is 11.3 Å². The lowest BCUT2D eigenvalue weighted by molar-refractivity contribution is 0.660. The smallest absolute Gasteiger partial charge is 0.0465 e. The van der Waals surface area contributed by atoms with E-state index < -0.39 is 0 Å².